The van der Waals surface area contributed by atoms with Crippen LogP contribution in [0.25, 0.3) is 0 Å². The van der Waals surface area contributed by atoms with Gasteiger partial charge in [0, 0.05) is 16.3 Å². The van der Waals surface area contributed by atoms with Crippen LogP contribution in [0.1, 0.15) is 45.0 Å². The highest BCUT2D eigenvalue weighted by molar-refractivity contribution is 7.93. The van der Waals surface area contributed by atoms with Gasteiger partial charge in [0.15, 0.2) is 5.78 Å². The van der Waals surface area contributed by atoms with Gasteiger partial charge in [0.25, 0.3) is 0 Å². The molecule has 1 aromatic rings. The first-order chi connectivity index (χ1) is 10.7. The van der Waals surface area contributed by atoms with Gasteiger partial charge in [-0.2, -0.15) is 21.6 Å². The second-order valence-electron chi connectivity index (χ2n) is 5.62. The molecule has 0 aliphatic rings. The highest BCUT2D eigenvalue weighted by Crippen LogP contribution is 2.27. The number of sulfonamides is 1. The van der Waals surface area contributed by atoms with E-state index in [0.29, 0.717) is 5.30 Å². The summed E-state index contributed by atoms with van der Waals surface area (Å²) in [5.41, 5.74) is -6.35. The maximum Gasteiger partial charge on any atom is 0.516 e. The number of rotatable bonds is 3. The second-order valence-corrected chi connectivity index (χ2v) is 8.49. The lowest BCUT2D eigenvalue weighted by Gasteiger charge is -2.21. The lowest BCUT2D eigenvalue weighted by atomic mass is 9.86. The van der Waals surface area contributed by atoms with Crippen molar-refractivity contribution in [1.29, 1.82) is 0 Å². The molecule has 0 heterocycles. The number of halogens is 3. The summed E-state index contributed by atoms with van der Waals surface area (Å²) < 4.78 is 61.2. The third-order valence-electron chi connectivity index (χ3n) is 2.74. The Morgan fingerprint density at radius 1 is 1.08 bits per heavy atom. The van der Waals surface area contributed by atoms with E-state index < -0.39 is 20.9 Å². The highest BCUT2D eigenvalue weighted by Gasteiger charge is 2.46. The van der Waals surface area contributed by atoms with E-state index in [-0.39, 0.29) is 22.3 Å². The van der Waals surface area contributed by atoms with Gasteiger partial charge in [0.05, 0.1) is 5.69 Å². The second kappa shape index (κ2) is 8.11. The lowest BCUT2D eigenvalue weighted by Crippen LogP contribution is -2.34. The van der Waals surface area contributed by atoms with Crippen molar-refractivity contribution in [3.05, 3.63) is 17.7 Å². The van der Waals surface area contributed by atoms with Crippen molar-refractivity contribution in [3.63, 3.8) is 0 Å². The molecule has 0 fully saturated rings. The van der Waals surface area contributed by atoms with Crippen LogP contribution in [0.5, 0.6) is 0 Å². The summed E-state index contributed by atoms with van der Waals surface area (Å²) in [6.45, 7) is 8.99. The van der Waals surface area contributed by atoms with Crippen molar-refractivity contribution in [2.75, 3.05) is 4.72 Å². The molecule has 2 atom stereocenters. The molecule has 0 aromatic heterocycles. The Balaban J connectivity index is 0.00000254. The Morgan fingerprint density at radius 3 is 1.92 bits per heavy atom. The van der Waals surface area contributed by atoms with Crippen molar-refractivity contribution in [2.45, 2.75) is 40.1 Å². The van der Waals surface area contributed by atoms with Crippen LogP contribution >= 0.6 is 18.5 Å². The Labute approximate surface area is 145 Å². The Bertz CT molecular complexity index is 711. The smallest absolute Gasteiger partial charge is 0.294 e. The fraction of sp³-hybridized carbons (Fsp3) is 0.500. The molecule has 2 unspecified atom stereocenters. The maximum absolute atomic E-state index is 12.5. The minimum absolute atomic E-state index is 0.0697. The topological polar surface area (TPSA) is 63.2 Å². The molecule has 0 amide bonds. The highest BCUT2D eigenvalue weighted by atomic mass is 32.2. The van der Waals surface area contributed by atoms with Crippen LogP contribution in [0.4, 0.5) is 18.9 Å². The van der Waals surface area contributed by atoms with E-state index in [0.717, 1.165) is 0 Å². The fourth-order valence-electron chi connectivity index (χ4n) is 1.56. The molecule has 1 N–H and O–H groups in total. The van der Waals surface area contributed by atoms with Gasteiger partial charge in [-0.1, -0.05) is 40.7 Å². The number of carbonyl (C=O) groups excluding carboxylic acids is 1. The zero-order valence-electron chi connectivity index (χ0n) is 14.1. The molecule has 0 radical (unpaired) electrons. The molecule has 1 rings (SSSR count). The summed E-state index contributed by atoms with van der Waals surface area (Å²) in [5, 5.41) is 0.542. The first kappa shape index (κ1) is 23.3. The summed E-state index contributed by atoms with van der Waals surface area (Å²) in [5.74, 6) is -0.310. The third-order valence-corrected chi connectivity index (χ3v) is 4.91. The van der Waals surface area contributed by atoms with Crippen molar-refractivity contribution in [1.82, 2.24) is 0 Å². The molecule has 4 nitrogen and oxygen atoms in total. The van der Waals surface area contributed by atoms with Crippen molar-refractivity contribution in [3.8, 4) is 0 Å². The molecular formula is C14H22F3NO3P2S. The fourth-order valence-corrected chi connectivity index (χ4v) is 3.26. The molecule has 0 bridgehead atoms. The van der Waals surface area contributed by atoms with E-state index >= 15 is 0 Å². The van der Waals surface area contributed by atoms with Crippen LogP contribution in [0.2, 0.25) is 0 Å². The molecule has 138 valence electrons. The molecule has 0 saturated carbocycles. The average molecular weight is 403 g/mol. The third kappa shape index (κ3) is 5.40. The van der Waals surface area contributed by atoms with Gasteiger partial charge < -0.3 is 0 Å². The van der Waals surface area contributed by atoms with E-state index in [2.05, 4.69) is 18.5 Å². The maximum atomic E-state index is 12.5. The van der Waals surface area contributed by atoms with Crippen molar-refractivity contribution in [2.24, 2.45) is 5.41 Å². The molecule has 0 aliphatic carbocycles. The quantitative estimate of drug-likeness (QED) is 0.623. The van der Waals surface area contributed by atoms with E-state index in [4.69, 9.17) is 0 Å². The zero-order valence-corrected chi connectivity index (χ0v) is 17.2. The lowest BCUT2D eigenvalue weighted by molar-refractivity contribution is -0.0429. The average Bonchev–Trinajstić information content (AvgIpc) is 2.42. The Hall–Kier alpha value is -0.710. The molecule has 24 heavy (non-hydrogen) atoms. The first-order valence-corrected chi connectivity index (χ1v) is 9.64. The summed E-state index contributed by atoms with van der Waals surface area (Å²) in [4.78, 5) is 12.4. The van der Waals surface area contributed by atoms with Gasteiger partial charge in [0.2, 0.25) is 0 Å². The molecule has 0 saturated heterocycles. The van der Waals surface area contributed by atoms with Gasteiger partial charge >= 0.3 is 15.5 Å². The van der Waals surface area contributed by atoms with Crippen molar-refractivity contribution >= 4 is 50.6 Å². The molecular weight excluding hydrogens is 381 g/mol. The SMILES string of the molecule is CC.CC(C)(C)C(=O)c1c(P)ccc(NS(=O)(=O)C(F)(F)F)c1P. The predicted molar refractivity (Wildman–Crippen MR) is 98.9 cm³/mol. The van der Waals surface area contributed by atoms with Crippen LogP contribution in [0.15, 0.2) is 12.1 Å². The predicted octanol–water partition coefficient (Wildman–Crippen LogP) is 3.20. The summed E-state index contributed by atoms with van der Waals surface area (Å²) in [6.07, 6.45) is 0. The molecule has 10 heteroatoms. The number of Topliss-reactive ketones (excluding diaryl/α,β-unsaturated/α-hetero) is 1. The number of alkyl halides is 3. The molecule has 0 aliphatic heterocycles. The number of anilines is 1. The number of hydrogen-bond acceptors (Lipinski definition) is 3. The van der Waals surface area contributed by atoms with E-state index in [1.165, 1.54) is 16.9 Å². The minimum Gasteiger partial charge on any atom is -0.294 e. The minimum atomic E-state index is -5.55. The van der Waals surface area contributed by atoms with E-state index in [9.17, 15) is 26.4 Å². The van der Waals surface area contributed by atoms with Crippen LogP contribution < -0.4 is 15.3 Å². The van der Waals surface area contributed by atoms with Gasteiger partial charge in [0.1, 0.15) is 0 Å². The van der Waals surface area contributed by atoms with Crippen LogP contribution in [-0.4, -0.2) is 19.7 Å². The largest absolute Gasteiger partial charge is 0.516 e. The first-order valence-electron chi connectivity index (χ1n) is 7.00. The number of benzene rings is 1. The molecule has 1 aromatic carbocycles. The van der Waals surface area contributed by atoms with Crippen molar-refractivity contribution < 1.29 is 26.4 Å². The van der Waals surface area contributed by atoms with Crippen LogP contribution in [0, 0.1) is 5.41 Å². The standard InChI is InChI=1S/C12H16F3NO3P2S.C2H6/c1-11(2,3)10(17)8-7(20)5-4-6(9(8)21)16-22(18,19)12(13,14)15;1-2/h4-5,16H,20-21H2,1-3H3;1-2H3. The summed E-state index contributed by atoms with van der Waals surface area (Å²) in [6, 6.07) is 2.54. The van der Waals surface area contributed by atoms with E-state index in [1.54, 1.807) is 20.8 Å². The number of nitrogens with one attached hydrogen (secondary N) is 1. The van der Waals surface area contributed by atoms with Crippen LogP contribution in [0.3, 0.4) is 0 Å². The number of carbonyl (C=O) groups is 1. The molecule has 0 spiro atoms. The van der Waals surface area contributed by atoms with E-state index in [1.807, 2.05) is 13.8 Å². The van der Waals surface area contributed by atoms with Gasteiger partial charge in [-0.05, 0) is 11.4 Å². The monoisotopic (exact) mass is 403 g/mol. The summed E-state index contributed by atoms with van der Waals surface area (Å²) in [7, 11) is -1.11. The Kier molecular flexibility index (Phi) is 7.87. The van der Waals surface area contributed by atoms with Gasteiger partial charge in [-0.3, -0.25) is 9.52 Å². The number of ketones is 1. The normalized spacial score (nSPS) is 12.2. The summed E-state index contributed by atoms with van der Waals surface area (Å²) >= 11 is 0. The zero-order chi connectivity index (χ0) is 19.5. The van der Waals surface area contributed by atoms with Gasteiger partial charge in [-0.25, -0.2) is 0 Å². The Morgan fingerprint density at radius 2 is 1.54 bits per heavy atom. The van der Waals surface area contributed by atoms with Crippen LogP contribution in [-0.2, 0) is 10.0 Å². The van der Waals surface area contributed by atoms with Gasteiger partial charge in [-0.15, -0.1) is 18.5 Å². The number of hydrogen-bond donors (Lipinski definition) is 1.